The molecule has 1 atom stereocenters. The van der Waals surface area contributed by atoms with Crippen LogP contribution in [0.4, 0.5) is 0 Å². The Hall–Kier alpha value is -2.40. The molecule has 5 heteroatoms. The first-order valence-corrected chi connectivity index (χ1v) is 6.08. The fourth-order valence-electron chi connectivity index (χ4n) is 2.06. The van der Waals surface area contributed by atoms with E-state index in [0.717, 1.165) is 5.56 Å². The average molecular weight is 254 g/mol. The fraction of sp³-hybridized carbons (Fsp3) is 0.143. The number of rotatable bonds is 4. The molecule has 2 aromatic heterocycles. The molecule has 0 radical (unpaired) electrons. The summed E-state index contributed by atoms with van der Waals surface area (Å²) in [7, 11) is 0. The Kier molecular flexibility index (Phi) is 3.12. The van der Waals surface area contributed by atoms with E-state index in [0.29, 0.717) is 11.7 Å². The number of benzene rings is 1. The third kappa shape index (κ3) is 2.28. The van der Waals surface area contributed by atoms with E-state index in [9.17, 15) is 0 Å². The van der Waals surface area contributed by atoms with Gasteiger partial charge < -0.3 is 14.8 Å². The highest BCUT2D eigenvalue weighted by atomic mass is 16.5. The minimum Gasteiger partial charge on any atom is -0.338 e. The summed E-state index contributed by atoms with van der Waals surface area (Å²) < 4.78 is 7.36. The summed E-state index contributed by atoms with van der Waals surface area (Å²) >= 11 is 0. The molecule has 0 aliphatic carbocycles. The molecule has 0 aliphatic rings. The van der Waals surface area contributed by atoms with Gasteiger partial charge in [-0.05, 0) is 17.7 Å². The van der Waals surface area contributed by atoms with E-state index in [1.807, 2.05) is 59.4 Å². The molecule has 96 valence electrons. The summed E-state index contributed by atoms with van der Waals surface area (Å²) in [4.78, 5) is 4.34. The van der Waals surface area contributed by atoms with Crippen LogP contribution in [0, 0.1) is 0 Å². The van der Waals surface area contributed by atoms with Crippen molar-refractivity contribution in [1.82, 2.24) is 14.7 Å². The molecule has 0 spiro atoms. The number of aromatic nitrogens is 3. The molecule has 0 unspecified atom stereocenters. The van der Waals surface area contributed by atoms with Gasteiger partial charge in [0.25, 0.3) is 5.89 Å². The summed E-state index contributed by atoms with van der Waals surface area (Å²) in [5.74, 6) is 1.06. The quantitative estimate of drug-likeness (QED) is 0.772. The Morgan fingerprint density at radius 3 is 2.47 bits per heavy atom. The minimum atomic E-state index is -0.121. The van der Waals surface area contributed by atoms with Crippen LogP contribution in [0.25, 0.3) is 0 Å². The van der Waals surface area contributed by atoms with E-state index in [4.69, 9.17) is 10.3 Å². The second-order valence-electron chi connectivity index (χ2n) is 4.20. The van der Waals surface area contributed by atoms with Crippen molar-refractivity contribution < 1.29 is 4.52 Å². The molecule has 3 rings (SSSR count). The van der Waals surface area contributed by atoms with Crippen LogP contribution in [-0.4, -0.2) is 14.7 Å². The van der Waals surface area contributed by atoms with E-state index < -0.39 is 0 Å². The maximum Gasteiger partial charge on any atom is 0.254 e. The molecule has 2 N–H and O–H groups in total. The first-order chi connectivity index (χ1) is 9.38. The van der Waals surface area contributed by atoms with Crippen LogP contribution >= 0.6 is 0 Å². The summed E-state index contributed by atoms with van der Waals surface area (Å²) in [6.45, 7) is 0.274. The van der Waals surface area contributed by atoms with E-state index in [1.54, 1.807) is 0 Å². The standard InChI is InChI=1S/C14H14N4O/c15-10-12-16-14(19-17-12)13(18-8-4-5-9-18)11-6-2-1-3-7-11/h1-9,13H,10,15H2/t13-/m1/s1. The molecular formula is C14H14N4O. The van der Waals surface area contributed by atoms with Crippen molar-refractivity contribution in [3.8, 4) is 0 Å². The number of nitrogens with two attached hydrogens (primary N) is 1. The van der Waals surface area contributed by atoms with Crippen LogP contribution in [0.1, 0.15) is 23.3 Å². The molecule has 0 amide bonds. The van der Waals surface area contributed by atoms with Crippen LogP contribution in [0.5, 0.6) is 0 Å². The maximum absolute atomic E-state index is 5.53. The van der Waals surface area contributed by atoms with Crippen LogP contribution in [0.2, 0.25) is 0 Å². The molecule has 0 fully saturated rings. The molecule has 0 bridgehead atoms. The highest BCUT2D eigenvalue weighted by molar-refractivity contribution is 5.25. The van der Waals surface area contributed by atoms with Gasteiger partial charge in [0.1, 0.15) is 6.04 Å². The molecule has 0 aliphatic heterocycles. The zero-order chi connectivity index (χ0) is 13.1. The Labute approximate surface area is 110 Å². The van der Waals surface area contributed by atoms with Crippen molar-refractivity contribution in [3.63, 3.8) is 0 Å². The minimum absolute atomic E-state index is 0.121. The van der Waals surface area contributed by atoms with Gasteiger partial charge in [-0.15, -0.1) is 0 Å². The SMILES string of the molecule is NCc1noc([C@@H](c2ccccc2)n2cccc2)n1. The predicted octanol–water partition coefficient (Wildman–Crippen LogP) is 1.97. The van der Waals surface area contributed by atoms with Gasteiger partial charge >= 0.3 is 0 Å². The normalized spacial score (nSPS) is 12.5. The Morgan fingerprint density at radius 1 is 1.11 bits per heavy atom. The smallest absolute Gasteiger partial charge is 0.254 e. The van der Waals surface area contributed by atoms with Gasteiger partial charge in [-0.25, -0.2) is 0 Å². The van der Waals surface area contributed by atoms with Gasteiger partial charge in [0.2, 0.25) is 0 Å². The number of hydrogen-bond acceptors (Lipinski definition) is 4. The lowest BCUT2D eigenvalue weighted by Crippen LogP contribution is -2.11. The van der Waals surface area contributed by atoms with Crippen molar-refractivity contribution in [2.75, 3.05) is 0 Å². The van der Waals surface area contributed by atoms with E-state index in [-0.39, 0.29) is 12.6 Å². The third-order valence-electron chi connectivity index (χ3n) is 2.94. The second kappa shape index (κ2) is 5.07. The highest BCUT2D eigenvalue weighted by Crippen LogP contribution is 2.25. The maximum atomic E-state index is 5.53. The summed E-state index contributed by atoms with van der Waals surface area (Å²) in [6, 6.07) is 13.9. The lowest BCUT2D eigenvalue weighted by atomic mass is 10.1. The Bertz CT molecular complexity index is 631. The molecule has 19 heavy (non-hydrogen) atoms. The highest BCUT2D eigenvalue weighted by Gasteiger charge is 2.21. The van der Waals surface area contributed by atoms with Crippen molar-refractivity contribution in [3.05, 3.63) is 72.1 Å². The Balaban J connectivity index is 2.07. The summed E-state index contributed by atoms with van der Waals surface area (Å²) in [5, 5.41) is 3.87. The van der Waals surface area contributed by atoms with Crippen LogP contribution in [0.3, 0.4) is 0 Å². The first kappa shape index (κ1) is 11.7. The lowest BCUT2D eigenvalue weighted by molar-refractivity contribution is 0.349. The third-order valence-corrected chi connectivity index (χ3v) is 2.94. The van der Waals surface area contributed by atoms with Crippen LogP contribution in [0.15, 0.2) is 59.4 Å². The average Bonchev–Trinajstić information content (AvgIpc) is 3.12. The number of hydrogen-bond donors (Lipinski definition) is 1. The van der Waals surface area contributed by atoms with E-state index in [2.05, 4.69) is 10.1 Å². The molecule has 0 saturated heterocycles. The molecule has 3 aromatic rings. The van der Waals surface area contributed by atoms with Crippen molar-refractivity contribution in [2.24, 2.45) is 5.73 Å². The second-order valence-corrected chi connectivity index (χ2v) is 4.20. The summed E-state index contributed by atoms with van der Waals surface area (Å²) in [6.07, 6.45) is 3.95. The van der Waals surface area contributed by atoms with Crippen molar-refractivity contribution in [1.29, 1.82) is 0 Å². The topological polar surface area (TPSA) is 69.9 Å². The molecule has 1 aromatic carbocycles. The predicted molar refractivity (Wildman–Crippen MR) is 70.3 cm³/mol. The fourth-order valence-corrected chi connectivity index (χ4v) is 2.06. The first-order valence-electron chi connectivity index (χ1n) is 6.08. The number of nitrogens with zero attached hydrogens (tertiary/aromatic N) is 3. The van der Waals surface area contributed by atoms with E-state index >= 15 is 0 Å². The van der Waals surface area contributed by atoms with E-state index in [1.165, 1.54) is 0 Å². The largest absolute Gasteiger partial charge is 0.338 e. The molecule has 0 saturated carbocycles. The van der Waals surface area contributed by atoms with Gasteiger partial charge in [-0.2, -0.15) is 4.98 Å². The molecule has 5 nitrogen and oxygen atoms in total. The van der Waals surface area contributed by atoms with Crippen LogP contribution in [-0.2, 0) is 6.54 Å². The lowest BCUT2D eigenvalue weighted by Gasteiger charge is -2.15. The Morgan fingerprint density at radius 2 is 1.84 bits per heavy atom. The van der Waals surface area contributed by atoms with Gasteiger partial charge in [0.15, 0.2) is 5.82 Å². The molecular weight excluding hydrogens is 240 g/mol. The molecule has 2 heterocycles. The van der Waals surface area contributed by atoms with Gasteiger partial charge in [-0.1, -0.05) is 35.5 Å². The van der Waals surface area contributed by atoms with Crippen molar-refractivity contribution >= 4 is 0 Å². The zero-order valence-electron chi connectivity index (χ0n) is 10.3. The summed E-state index contributed by atoms with van der Waals surface area (Å²) in [5.41, 5.74) is 6.62. The zero-order valence-corrected chi connectivity index (χ0v) is 10.3. The van der Waals surface area contributed by atoms with Gasteiger partial charge in [0.05, 0.1) is 6.54 Å². The van der Waals surface area contributed by atoms with Gasteiger partial charge in [-0.3, -0.25) is 0 Å². The van der Waals surface area contributed by atoms with Crippen molar-refractivity contribution in [2.45, 2.75) is 12.6 Å². The monoisotopic (exact) mass is 254 g/mol. The van der Waals surface area contributed by atoms with Gasteiger partial charge in [0, 0.05) is 12.4 Å². The van der Waals surface area contributed by atoms with Crippen LogP contribution < -0.4 is 5.73 Å².